The molecule has 0 aromatic heterocycles. The van der Waals surface area contributed by atoms with Crippen LogP contribution in [0.5, 0.6) is 0 Å². The molecule has 0 amide bonds. The molecule has 1 aliphatic carbocycles. The van der Waals surface area contributed by atoms with Crippen LogP contribution in [0.25, 0.3) is 0 Å². The smallest absolute Gasteiger partial charge is 0.472 e. The van der Waals surface area contributed by atoms with Crippen LogP contribution in [0.4, 0.5) is 0 Å². The summed E-state index contributed by atoms with van der Waals surface area (Å²) in [6, 6.07) is -2.08. The van der Waals surface area contributed by atoms with Gasteiger partial charge in [-0.25, -0.2) is 27.4 Å². The zero-order chi connectivity index (χ0) is 33.3. The van der Waals surface area contributed by atoms with Crippen LogP contribution in [0.1, 0.15) is 0 Å². The molecule has 33 heteroatoms. The van der Waals surface area contributed by atoms with E-state index >= 15 is 0 Å². The van der Waals surface area contributed by atoms with E-state index in [0.29, 0.717) is 0 Å². The maximum absolute atomic E-state index is 12.5. The molecular weight excluding hydrogens is 724 g/mol. The molecule has 27 nitrogen and oxygen atoms in total. The van der Waals surface area contributed by atoms with Gasteiger partial charge in [0.15, 0.2) is 0 Å². The van der Waals surface area contributed by atoms with E-state index in [1.807, 2.05) is 0 Å². The SMILES string of the molecule is N[C@@H](COP(=O)(O)OC1[C@@H](OP(=O)(O)O)[C@H](OP(=O)(O)O)C(OP(=O)(O)O)[C@H](OP(=O)(O)O)[C@@H]1OP(=O)(O)O)C(=O)O. The Bertz CT molecular complexity index is 1180. The van der Waals surface area contributed by atoms with E-state index in [0.717, 1.165) is 0 Å². The Kier molecular flexibility index (Phi) is 13.6. The number of nitrogens with two attached hydrogens (primary N) is 1. The highest BCUT2D eigenvalue weighted by atomic mass is 31.2. The molecule has 8 atom stereocenters. The van der Waals surface area contributed by atoms with Gasteiger partial charge in [-0.05, 0) is 0 Å². The van der Waals surface area contributed by atoms with Crippen molar-refractivity contribution in [1.82, 2.24) is 0 Å². The van der Waals surface area contributed by atoms with Gasteiger partial charge >= 0.3 is 52.9 Å². The minimum Gasteiger partial charge on any atom is -0.480 e. The second-order valence-corrected chi connectivity index (χ2v) is 14.9. The van der Waals surface area contributed by atoms with Crippen LogP contribution in [-0.2, 0) is 63.9 Å². The zero-order valence-corrected chi connectivity index (χ0v) is 25.0. The topological polar surface area (TPSA) is 453 Å². The Morgan fingerprint density at radius 2 is 0.738 bits per heavy atom. The molecule has 0 bridgehead atoms. The third kappa shape index (κ3) is 14.9. The standard InChI is InChI=1S/C9H23NO26P6/c10-2(9(11)12)1-30-42(28,29)36-8-6(34-40(22,23)24)4(32-38(16,17)18)3(31-37(13,14)15)5(33-39(19,20)21)7(8)35-41(25,26)27/h2-8H,1,10H2,(H,11,12)(H,28,29)(H2,13,14,15)(H2,16,17,18)(H2,19,20,21)(H2,22,23,24)(H2,25,26,27)/t2-,3?,4-,5+,6-,7-,8?/m0/s1. The highest BCUT2D eigenvalue weighted by molar-refractivity contribution is 7.48. The van der Waals surface area contributed by atoms with E-state index in [4.69, 9.17) is 10.8 Å². The Hall–Kier alpha value is 0.0900. The monoisotopic (exact) mass is 747 g/mol. The molecule has 1 saturated carbocycles. The van der Waals surface area contributed by atoms with Gasteiger partial charge in [-0.15, -0.1) is 0 Å². The number of aliphatic carboxylic acids is 1. The van der Waals surface area contributed by atoms with Gasteiger partial charge in [-0.1, -0.05) is 0 Å². The van der Waals surface area contributed by atoms with Crippen LogP contribution < -0.4 is 5.73 Å². The van der Waals surface area contributed by atoms with Gasteiger partial charge < -0.3 is 64.7 Å². The van der Waals surface area contributed by atoms with Crippen LogP contribution in [-0.4, -0.2) is 114 Å². The molecule has 0 saturated heterocycles. The number of phosphoric ester groups is 6. The largest absolute Gasteiger partial charge is 0.480 e. The van der Waals surface area contributed by atoms with Gasteiger partial charge in [-0.2, -0.15) is 0 Å². The summed E-state index contributed by atoms with van der Waals surface area (Å²) >= 11 is 0. The molecule has 0 aromatic rings. The average molecular weight is 747 g/mol. The summed E-state index contributed by atoms with van der Waals surface area (Å²) in [5.74, 6) is -1.85. The van der Waals surface area contributed by atoms with Crippen molar-refractivity contribution in [3.8, 4) is 0 Å². The summed E-state index contributed by atoms with van der Waals surface area (Å²) in [5, 5.41) is 8.76. The summed E-state index contributed by atoms with van der Waals surface area (Å²) in [4.78, 5) is 114. The second-order valence-electron chi connectivity index (χ2n) is 7.58. The number of carbonyl (C=O) groups is 1. The quantitative estimate of drug-likeness (QED) is 0.0676. The van der Waals surface area contributed by atoms with Crippen molar-refractivity contribution in [2.75, 3.05) is 6.61 Å². The predicted molar refractivity (Wildman–Crippen MR) is 121 cm³/mol. The van der Waals surface area contributed by atoms with Crippen molar-refractivity contribution >= 4 is 52.9 Å². The van der Waals surface area contributed by atoms with Gasteiger partial charge in [0, 0.05) is 0 Å². The van der Waals surface area contributed by atoms with Gasteiger partial charge in [-0.3, -0.25) is 36.5 Å². The normalized spacial score (nSPS) is 28.7. The first-order valence-corrected chi connectivity index (χ1v) is 18.9. The maximum atomic E-state index is 12.5. The maximum Gasteiger partial charge on any atom is 0.472 e. The average Bonchev–Trinajstić information content (AvgIpc) is 2.69. The van der Waals surface area contributed by atoms with E-state index in [1.165, 1.54) is 0 Å². The van der Waals surface area contributed by atoms with Crippen molar-refractivity contribution < 1.29 is 123 Å². The lowest BCUT2D eigenvalue weighted by Crippen LogP contribution is -2.66. The lowest BCUT2D eigenvalue weighted by molar-refractivity contribution is -0.202. The lowest BCUT2D eigenvalue weighted by atomic mass is 9.85. The van der Waals surface area contributed by atoms with Crippen LogP contribution in [0, 0.1) is 0 Å². The van der Waals surface area contributed by atoms with E-state index in [-0.39, 0.29) is 0 Å². The molecule has 250 valence electrons. The summed E-state index contributed by atoms with van der Waals surface area (Å²) < 4.78 is 100. The minimum atomic E-state index is -6.12. The molecule has 1 aliphatic rings. The first-order chi connectivity index (χ1) is 18.4. The Morgan fingerprint density at radius 1 is 0.524 bits per heavy atom. The molecule has 3 unspecified atom stereocenters. The number of carboxylic acids is 1. The van der Waals surface area contributed by atoms with Gasteiger partial charge in [0.05, 0.1) is 6.61 Å². The number of carboxylic acid groups (broad SMARTS) is 1. The third-order valence-electron chi connectivity index (χ3n) is 4.23. The molecule has 0 aliphatic heterocycles. The van der Waals surface area contributed by atoms with Crippen LogP contribution >= 0.6 is 46.9 Å². The summed E-state index contributed by atoms with van der Waals surface area (Å²) in [5.41, 5.74) is 5.07. The van der Waals surface area contributed by atoms with E-state index in [1.54, 1.807) is 0 Å². The van der Waals surface area contributed by atoms with Gasteiger partial charge in [0.2, 0.25) is 0 Å². The van der Waals surface area contributed by atoms with Crippen molar-refractivity contribution in [2.24, 2.45) is 5.73 Å². The number of hydrogen-bond acceptors (Lipinski definition) is 15. The van der Waals surface area contributed by atoms with Crippen LogP contribution in [0.15, 0.2) is 0 Å². The fourth-order valence-corrected chi connectivity index (χ4v) is 6.81. The molecule has 42 heavy (non-hydrogen) atoms. The Morgan fingerprint density at radius 3 is 0.929 bits per heavy atom. The number of phosphoric acid groups is 6. The highest BCUT2D eigenvalue weighted by Gasteiger charge is 2.63. The molecule has 0 radical (unpaired) electrons. The first-order valence-electron chi connectivity index (χ1n) is 9.73. The van der Waals surface area contributed by atoms with E-state index in [9.17, 15) is 86.0 Å². The van der Waals surface area contributed by atoms with Gasteiger partial charge in [0.1, 0.15) is 42.7 Å². The first kappa shape index (κ1) is 40.1. The Labute approximate surface area is 231 Å². The Balaban J connectivity index is 4.03. The fraction of sp³-hybridized carbons (Fsp3) is 0.889. The molecule has 1 rings (SSSR count). The molecule has 0 spiro atoms. The molecule has 14 N–H and O–H groups in total. The van der Waals surface area contributed by atoms with E-state index in [2.05, 4.69) is 31.7 Å². The predicted octanol–water partition coefficient (Wildman–Crippen LogP) is -3.70. The van der Waals surface area contributed by atoms with Gasteiger partial charge in [0.25, 0.3) is 0 Å². The molecule has 1 fully saturated rings. The number of rotatable bonds is 16. The van der Waals surface area contributed by atoms with E-state index < -0.39 is 102 Å². The minimum absolute atomic E-state index is 1.42. The second kappa shape index (κ2) is 14.2. The molecule has 0 aromatic carbocycles. The molecule has 0 heterocycles. The van der Waals surface area contributed by atoms with Crippen molar-refractivity contribution in [2.45, 2.75) is 42.7 Å². The van der Waals surface area contributed by atoms with Crippen LogP contribution in [0.2, 0.25) is 0 Å². The van der Waals surface area contributed by atoms with Crippen molar-refractivity contribution in [1.29, 1.82) is 0 Å². The van der Waals surface area contributed by atoms with Crippen molar-refractivity contribution in [3.63, 3.8) is 0 Å². The highest BCUT2D eigenvalue weighted by Crippen LogP contribution is 2.58. The molecular formula is C9H23NO26P6. The summed E-state index contributed by atoms with van der Waals surface area (Å²) in [6.45, 7) is -1.42. The zero-order valence-electron chi connectivity index (χ0n) is 19.6. The number of hydrogen-bond donors (Lipinski definition) is 13. The van der Waals surface area contributed by atoms with Crippen LogP contribution in [0.3, 0.4) is 0 Å². The fourth-order valence-electron chi connectivity index (χ4n) is 3.06. The summed E-state index contributed by atoms with van der Waals surface area (Å²) in [7, 11) is -36.5. The van der Waals surface area contributed by atoms with Crippen molar-refractivity contribution in [3.05, 3.63) is 0 Å². The summed E-state index contributed by atoms with van der Waals surface area (Å²) in [6.07, 6.45) is -19.3. The third-order valence-corrected chi connectivity index (χ3v) is 7.80. The lowest BCUT2D eigenvalue weighted by Gasteiger charge is -2.48.